The summed E-state index contributed by atoms with van der Waals surface area (Å²) < 4.78 is 2.01. The van der Waals surface area contributed by atoms with E-state index < -0.39 is 0 Å². The number of halogens is 1. The van der Waals surface area contributed by atoms with Crippen LogP contribution in [0.25, 0.3) is 0 Å². The standard InChI is InChI=1S/C16H29ClN2O/c1-5-9-10-16(7-3,12-20)11-14-15(17)13(6-2)18-19(14)8-4/h20H,5-12H2,1-4H3. The van der Waals surface area contributed by atoms with Crippen LogP contribution < -0.4 is 0 Å². The first-order valence-electron chi connectivity index (χ1n) is 7.92. The maximum absolute atomic E-state index is 9.91. The minimum absolute atomic E-state index is 0.0579. The van der Waals surface area contributed by atoms with Gasteiger partial charge in [-0.1, -0.05) is 45.2 Å². The highest BCUT2D eigenvalue weighted by Gasteiger charge is 2.30. The van der Waals surface area contributed by atoms with E-state index >= 15 is 0 Å². The van der Waals surface area contributed by atoms with Gasteiger partial charge >= 0.3 is 0 Å². The average Bonchev–Trinajstić information content (AvgIpc) is 2.79. The highest BCUT2D eigenvalue weighted by Crippen LogP contribution is 2.35. The first kappa shape index (κ1) is 17.5. The predicted molar refractivity (Wildman–Crippen MR) is 85.3 cm³/mol. The Morgan fingerprint density at radius 2 is 1.95 bits per heavy atom. The van der Waals surface area contributed by atoms with Gasteiger partial charge in [0.15, 0.2) is 0 Å². The second kappa shape index (κ2) is 8.04. The molecule has 0 aromatic carbocycles. The SMILES string of the molecule is CCCCC(CC)(CO)Cc1c(Cl)c(CC)nn1CC. The number of nitrogens with zero attached hydrogens (tertiary/aromatic N) is 2. The molecule has 0 aliphatic carbocycles. The zero-order valence-corrected chi connectivity index (χ0v) is 14.1. The molecule has 20 heavy (non-hydrogen) atoms. The lowest BCUT2D eigenvalue weighted by Gasteiger charge is -2.31. The fourth-order valence-electron chi connectivity index (χ4n) is 2.73. The lowest BCUT2D eigenvalue weighted by atomic mass is 9.77. The third-order valence-electron chi connectivity index (χ3n) is 4.38. The fraction of sp³-hybridized carbons (Fsp3) is 0.812. The van der Waals surface area contributed by atoms with E-state index in [1.807, 2.05) is 4.68 Å². The monoisotopic (exact) mass is 300 g/mol. The largest absolute Gasteiger partial charge is 0.396 e. The molecule has 0 aliphatic rings. The molecule has 4 heteroatoms. The number of unbranched alkanes of at least 4 members (excludes halogenated alkanes) is 1. The molecule has 0 fully saturated rings. The third kappa shape index (κ3) is 3.76. The Kier molecular flexibility index (Phi) is 7.04. The summed E-state index contributed by atoms with van der Waals surface area (Å²) in [4.78, 5) is 0. The number of aliphatic hydroxyl groups excluding tert-OH is 1. The molecule has 0 amide bonds. The summed E-state index contributed by atoms with van der Waals surface area (Å²) in [5.74, 6) is 0. The van der Waals surface area contributed by atoms with E-state index in [0.29, 0.717) is 0 Å². The summed E-state index contributed by atoms with van der Waals surface area (Å²) in [6.07, 6.45) is 5.99. The molecule has 0 spiro atoms. The molecule has 1 aromatic rings. The van der Waals surface area contributed by atoms with Crippen molar-refractivity contribution in [3.63, 3.8) is 0 Å². The maximum atomic E-state index is 9.91. The average molecular weight is 301 g/mol. The van der Waals surface area contributed by atoms with E-state index in [9.17, 15) is 5.11 Å². The number of aryl methyl sites for hydroxylation is 2. The highest BCUT2D eigenvalue weighted by atomic mass is 35.5. The third-order valence-corrected chi connectivity index (χ3v) is 4.82. The van der Waals surface area contributed by atoms with Crippen molar-refractivity contribution in [3.8, 4) is 0 Å². The second-order valence-corrected chi connectivity index (χ2v) is 6.05. The van der Waals surface area contributed by atoms with E-state index in [1.165, 1.54) is 0 Å². The van der Waals surface area contributed by atoms with Crippen LogP contribution in [-0.4, -0.2) is 21.5 Å². The molecule has 0 saturated heterocycles. The van der Waals surface area contributed by atoms with E-state index in [0.717, 1.165) is 61.5 Å². The quantitative estimate of drug-likeness (QED) is 0.741. The smallest absolute Gasteiger partial charge is 0.0850 e. The highest BCUT2D eigenvalue weighted by molar-refractivity contribution is 6.31. The second-order valence-electron chi connectivity index (χ2n) is 5.67. The first-order valence-corrected chi connectivity index (χ1v) is 8.30. The summed E-state index contributed by atoms with van der Waals surface area (Å²) >= 11 is 6.50. The zero-order chi connectivity index (χ0) is 15.2. The number of rotatable bonds is 9. The van der Waals surface area contributed by atoms with Crippen LogP contribution in [0.5, 0.6) is 0 Å². The van der Waals surface area contributed by atoms with Crippen molar-refractivity contribution in [1.82, 2.24) is 9.78 Å². The van der Waals surface area contributed by atoms with Gasteiger partial charge in [0.1, 0.15) is 0 Å². The van der Waals surface area contributed by atoms with Crippen LogP contribution in [0.4, 0.5) is 0 Å². The summed E-state index contributed by atoms with van der Waals surface area (Å²) in [5.41, 5.74) is 2.01. The van der Waals surface area contributed by atoms with E-state index in [4.69, 9.17) is 11.6 Å². The van der Waals surface area contributed by atoms with Crippen LogP contribution in [0.1, 0.15) is 64.8 Å². The number of hydrogen-bond acceptors (Lipinski definition) is 2. The number of hydrogen-bond donors (Lipinski definition) is 1. The van der Waals surface area contributed by atoms with Gasteiger partial charge in [0, 0.05) is 13.2 Å². The Bertz CT molecular complexity index is 411. The lowest BCUT2D eigenvalue weighted by Crippen LogP contribution is -2.29. The fourth-order valence-corrected chi connectivity index (χ4v) is 3.07. The Morgan fingerprint density at radius 3 is 2.40 bits per heavy atom. The summed E-state index contributed by atoms with van der Waals surface area (Å²) in [7, 11) is 0. The molecule has 0 bridgehead atoms. The van der Waals surface area contributed by atoms with Gasteiger partial charge < -0.3 is 5.11 Å². The van der Waals surface area contributed by atoms with Crippen LogP contribution in [0.2, 0.25) is 5.02 Å². The molecule has 1 N–H and O–H groups in total. The molecule has 0 saturated carbocycles. The van der Waals surface area contributed by atoms with Gasteiger partial charge in [-0.05, 0) is 38.0 Å². The molecule has 1 heterocycles. The molecule has 1 aromatic heterocycles. The molecule has 0 aliphatic heterocycles. The van der Waals surface area contributed by atoms with Gasteiger partial charge in [-0.3, -0.25) is 4.68 Å². The summed E-state index contributed by atoms with van der Waals surface area (Å²) in [6.45, 7) is 9.56. The van der Waals surface area contributed by atoms with Crippen LogP contribution in [0, 0.1) is 5.41 Å². The van der Waals surface area contributed by atoms with Crippen molar-refractivity contribution in [2.45, 2.75) is 72.8 Å². The molecular weight excluding hydrogens is 272 g/mol. The van der Waals surface area contributed by atoms with E-state index in [2.05, 4.69) is 32.8 Å². The van der Waals surface area contributed by atoms with Crippen molar-refractivity contribution >= 4 is 11.6 Å². The van der Waals surface area contributed by atoms with Gasteiger partial charge in [-0.2, -0.15) is 5.10 Å². The Balaban J connectivity index is 3.06. The summed E-state index contributed by atoms with van der Waals surface area (Å²) in [5, 5.41) is 15.3. The van der Waals surface area contributed by atoms with Crippen LogP contribution in [-0.2, 0) is 19.4 Å². The van der Waals surface area contributed by atoms with Gasteiger partial charge in [-0.15, -0.1) is 0 Å². The minimum atomic E-state index is -0.0579. The van der Waals surface area contributed by atoms with Crippen LogP contribution in [0.3, 0.4) is 0 Å². The molecule has 116 valence electrons. The lowest BCUT2D eigenvalue weighted by molar-refractivity contribution is 0.105. The molecular formula is C16H29ClN2O. The number of aromatic nitrogens is 2. The minimum Gasteiger partial charge on any atom is -0.396 e. The Hall–Kier alpha value is -0.540. The molecule has 1 unspecified atom stereocenters. The van der Waals surface area contributed by atoms with E-state index in [-0.39, 0.29) is 12.0 Å². The normalized spacial score (nSPS) is 14.5. The maximum Gasteiger partial charge on any atom is 0.0850 e. The Morgan fingerprint density at radius 1 is 1.25 bits per heavy atom. The van der Waals surface area contributed by atoms with Crippen LogP contribution in [0.15, 0.2) is 0 Å². The van der Waals surface area contributed by atoms with E-state index in [1.54, 1.807) is 0 Å². The van der Waals surface area contributed by atoms with Gasteiger partial charge in [0.25, 0.3) is 0 Å². The molecule has 1 atom stereocenters. The van der Waals surface area contributed by atoms with Crippen molar-refractivity contribution in [2.75, 3.05) is 6.61 Å². The van der Waals surface area contributed by atoms with Crippen molar-refractivity contribution in [2.24, 2.45) is 5.41 Å². The van der Waals surface area contributed by atoms with Gasteiger partial charge in [-0.25, -0.2) is 0 Å². The number of aliphatic hydroxyl groups is 1. The van der Waals surface area contributed by atoms with Gasteiger partial charge in [0.05, 0.1) is 16.4 Å². The Labute approximate surface area is 128 Å². The van der Waals surface area contributed by atoms with Crippen molar-refractivity contribution < 1.29 is 5.11 Å². The molecule has 3 nitrogen and oxygen atoms in total. The van der Waals surface area contributed by atoms with Crippen molar-refractivity contribution in [1.29, 1.82) is 0 Å². The summed E-state index contributed by atoms with van der Waals surface area (Å²) in [6, 6.07) is 0. The molecule has 1 rings (SSSR count). The topological polar surface area (TPSA) is 38.1 Å². The first-order chi connectivity index (χ1) is 9.57. The molecule has 0 radical (unpaired) electrons. The predicted octanol–water partition coefficient (Wildman–Crippen LogP) is 4.24. The van der Waals surface area contributed by atoms with Gasteiger partial charge in [0.2, 0.25) is 0 Å². The van der Waals surface area contributed by atoms with Crippen molar-refractivity contribution in [3.05, 3.63) is 16.4 Å². The van der Waals surface area contributed by atoms with Crippen LogP contribution >= 0.6 is 11.6 Å². The zero-order valence-electron chi connectivity index (χ0n) is 13.4.